The highest BCUT2D eigenvalue weighted by Crippen LogP contribution is 2.45. The molecule has 1 atom stereocenters. The summed E-state index contributed by atoms with van der Waals surface area (Å²) in [6.07, 6.45) is 1.84. The molecule has 0 aromatic heterocycles. The lowest BCUT2D eigenvalue weighted by Crippen LogP contribution is -2.68. The molecule has 0 radical (unpaired) electrons. The van der Waals surface area contributed by atoms with Gasteiger partial charge in [-0.05, 0) is 18.2 Å². The lowest BCUT2D eigenvalue weighted by molar-refractivity contribution is -0.158. The summed E-state index contributed by atoms with van der Waals surface area (Å²) < 4.78 is 11.0. The summed E-state index contributed by atoms with van der Waals surface area (Å²) >= 11 is 0. The predicted octanol–water partition coefficient (Wildman–Crippen LogP) is 2.90. The van der Waals surface area contributed by atoms with E-state index in [2.05, 4.69) is 6.58 Å². The normalized spacial score (nSPS) is 19.9. The molecule has 1 saturated heterocycles. The number of benzene rings is 2. The summed E-state index contributed by atoms with van der Waals surface area (Å²) in [6, 6.07) is 14.0. The van der Waals surface area contributed by atoms with Crippen molar-refractivity contribution in [1.82, 2.24) is 4.90 Å². The number of anilines is 1. The lowest BCUT2D eigenvalue weighted by Gasteiger charge is -2.48. The number of nitrogens with zero attached hydrogens (tertiary/aromatic N) is 2. The number of carbonyl (C=O) groups is 3. The summed E-state index contributed by atoms with van der Waals surface area (Å²) in [5.74, 6) is -0.608. The SMILES string of the molecule is C=CCN1C(=O)c2ccccc2N2C(=O)CC[C@]12C(=O)OCc1ccccc1OC. The van der Waals surface area contributed by atoms with Crippen molar-refractivity contribution in [1.29, 1.82) is 0 Å². The molecule has 0 saturated carbocycles. The zero-order chi connectivity index (χ0) is 21.3. The number of rotatable bonds is 6. The number of para-hydroxylation sites is 2. The van der Waals surface area contributed by atoms with Crippen LogP contribution in [0.2, 0.25) is 0 Å². The number of fused-ring (bicyclic) bond motifs is 3. The van der Waals surface area contributed by atoms with E-state index < -0.39 is 11.6 Å². The molecule has 0 N–H and O–H groups in total. The van der Waals surface area contributed by atoms with Crippen LogP contribution in [0.5, 0.6) is 5.75 Å². The van der Waals surface area contributed by atoms with Gasteiger partial charge in [-0.1, -0.05) is 36.4 Å². The largest absolute Gasteiger partial charge is 0.496 e. The minimum Gasteiger partial charge on any atom is -0.496 e. The van der Waals surface area contributed by atoms with Gasteiger partial charge in [0.15, 0.2) is 0 Å². The number of carbonyl (C=O) groups excluding carboxylic acids is 3. The second kappa shape index (κ2) is 7.67. The zero-order valence-electron chi connectivity index (χ0n) is 16.7. The Labute approximate surface area is 174 Å². The van der Waals surface area contributed by atoms with E-state index in [-0.39, 0.29) is 37.8 Å². The zero-order valence-corrected chi connectivity index (χ0v) is 16.7. The Bertz CT molecular complexity index is 1030. The Hall–Kier alpha value is -3.61. The van der Waals surface area contributed by atoms with Crippen molar-refractivity contribution in [2.75, 3.05) is 18.6 Å². The van der Waals surface area contributed by atoms with Gasteiger partial charge in [-0.15, -0.1) is 6.58 Å². The molecule has 0 unspecified atom stereocenters. The molecule has 7 heteroatoms. The van der Waals surface area contributed by atoms with Gasteiger partial charge in [-0.25, -0.2) is 4.79 Å². The molecule has 2 aliphatic rings. The Morgan fingerprint density at radius 2 is 1.90 bits per heavy atom. The maximum absolute atomic E-state index is 13.5. The van der Waals surface area contributed by atoms with E-state index >= 15 is 0 Å². The van der Waals surface area contributed by atoms with Crippen molar-refractivity contribution in [3.63, 3.8) is 0 Å². The number of amides is 2. The van der Waals surface area contributed by atoms with Crippen molar-refractivity contribution in [3.8, 4) is 5.75 Å². The monoisotopic (exact) mass is 406 g/mol. The smallest absolute Gasteiger partial charge is 0.354 e. The van der Waals surface area contributed by atoms with Crippen LogP contribution >= 0.6 is 0 Å². The van der Waals surface area contributed by atoms with Crippen LogP contribution < -0.4 is 9.64 Å². The van der Waals surface area contributed by atoms with Crippen LogP contribution in [0.4, 0.5) is 5.69 Å². The lowest BCUT2D eigenvalue weighted by atomic mass is 9.96. The predicted molar refractivity (Wildman–Crippen MR) is 110 cm³/mol. The first-order valence-corrected chi connectivity index (χ1v) is 9.68. The molecule has 2 aromatic rings. The van der Waals surface area contributed by atoms with E-state index in [4.69, 9.17) is 9.47 Å². The number of hydrogen-bond donors (Lipinski definition) is 0. The van der Waals surface area contributed by atoms with E-state index in [9.17, 15) is 14.4 Å². The number of hydrogen-bond acceptors (Lipinski definition) is 5. The van der Waals surface area contributed by atoms with Gasteiger partial charge in [0.05, 0.1) is 18.4 Å². The molecule has 0 aliphatic carbocycles. The third-order valence-electron chi connectivity index (χ3n) is 5.56. The molecule has 1 fully saturated rings. The molecule has 0 bridgehead atoms. The molecule has 4 rings (SSSR count). The minimum absolute atomic E-state index is 0.0373. The summed E-state index contributed by atoms with van der Waals surface area (Å²) in [5.41, 5.74) is -0.0284. The summed E-state index contributed by atoms with van der Waals surface area (Å²) in [6.45, 7) is 3.79. The van der Waals surface area contributed by atoms with Crippen LogP contribution in [-0.2, 0) is 20.9 Å². The molecular weight excluding hydrogens is 384 g/mol. The minimum atomic E-state index is -1.53. The van der Waals surface area contributed by atoms with E-state index in [1.165, 1.54) is 9.80 Å². The number of methoxy groups -OCH3 is 1. The summed E-state index contributed by atoms with van der Waals surface area (Å²) in [5, 5.41) is 0. The topological polar surface area (TPSA) is 76.2 Å². The third-order valence-corrected chi connectivity index (χ3v) is 5.56. The molecule has 7 nitrogen and oxygen atoms in total. The van der Waals surface area contributed by atoms with Gasteiger partial charge in [0.2, 0.25) is 11.6 Å². The van der Waals surface area contributed by atoms with Crippen LogP contribution in [0.25, 0.3) is 0 Å². The second-order valence-electron chi connectivity index (χ2n) is 7.16. The standard InChI is InChI=1S/C23H22N2O5/c1-3-14-24-21(27)17-9-5-6-10-18(17)25-20(26)12-13-23(24,25)22(28)30-15-16-8-4-7-11-19(16)29-2/h3-11H,1,12-15H2,2H3/t23-/m0/s1. The highest BCUT2D eigenvalue weighted by atomic mass is 16.5. The fourth-order valence-corrected chi connectivity index (χ4v) is 4.21. The molecule has 30 heavy (non-hydrogen) atoms. The van der Waals surface area contributed by atoms with E-state index in [0.717, 1.165) is 0 Å². The molecule has 2 amide bonds. The number of ether oxygens (including phenoxy) is 2. The average Bonchev–Trinajstić information content (AvgIpc) is 3.13. The number of esters is 1. The molecule has 154 valence electrons. The van der Waals surface area contributed by atoms with E-state index in [1.807, 2.05) is 12.1 Å². The van der Waals surface area contributed by atoms with Gasteiger partial charge in [0.25, 0.3) is 5.91 Å². The molecule has 0 spiro atoms. The van der Waals surface area contributed by atoms with Gasteiger partial charge in [-0.2, -0.15) is 0 Å². The van der Waals surface area contributed by atoms with Crippen molar-refractivity contribution in [2.45, 2.75) is 25.1 Å². The Kier molecular flexibility index (Phi) is 5.03. The third kappa shape index (κ3) is 2.85. The van der Waals surface area contributed by atoms with E-state index in [0.29, 0.717) is 22.6 Å². The van der Waals surface area contributed by atoms with Crippen LogP contribution in [0.15, 0.2) is 61.2 Å². The van der Waals surface area contributed by atoms with Gasteiger partial charge < -0.3 is 14.4 Å². The Balaban J connectivity index is 1.74. The Morgan fingerprint density at radius 1 is 1.17 bits per heavy atom. The van der Waals surface area contributed by atoms with Gasteiger partial charge in [0.1, 0.15) is 12.4 Å². The van der Waals surface area contributed by atoms with Gasteiger partial charge in [-0.3, -0.25) is 14.5 Å². The van der Waals surface area contributed by atoms with Crippen molar-refractivity contribution >= 4 is 23.5 Å². The fourth-order valence-electron chi connectivity index (χ4n) is 4.21. The highest BCUT2D eigenvalue weighted by molar-refractivity contribution is 6.15. The second-order valence-corrected chi connectivity index (χ2v) is 7.16. The highest BCUT2D eigenvalue weighted by Gasteiger charge is 2.61. The van der Waals surface area contributed by atoms with Crippen LogP contribution in [0.3, 0.4) is 0 Å². The fraction of sp³-hybridized carbons (Fsp3) is 0.261. The van der Waals surface area contributed by atoms with Crippen LogP contribution in [0, 0.1) is 0 Å². The quantitative estimate of drug-likeness (QED) is 0.545. The molecule has 2 heterocycles. The maximum Gasteiger partial charge on any atom is 0.354 e. The maximum atomic E-state index is 13.5. The molecule has 2 aliphatic heterocycles. The first-order valence-electron chi connectivity index (χ1n) is 9.68. The molecular formula is C23H22N2O5. The van der Waals surface area contributed by atoms with Crippen molar-refractivity contribution in [2.24, 2.45) is 0 Å². The first kappa shape index (κ1) is 19.7. The average molecular weight is 406 g/mol. The van der Waals surface area contributed by atoms with Crippen LogP contribution in [-0.4, -0.2) is 42.0 Å². The van der Waals surface area contributed by atoms with Crippen molar-refractivity contribution in [3.05, 3.63) is 72.3 Å². The van der Waals surface area contributed by atoms with Crippen LogP contribution in [0.1, 0.15) is 28.8 Å². The Morgan fingerprint density at radius 3 is 2.67 bits per heavy atom. The molecule has 2 aromatic carbocycles. The first-order chi connectivity index (χ1) is 14.5. The van der Waals surface area contributed by atoms with Crippen molar-refractivity contribution < 1.29 is 23.9 Å². The van der Waals surface area contributed by atoms with Gasteiger partial charge >= 0.3 is 5.97 Å². The van der Waals surface area contributed by atoms with Gasteiger partial charge in [0, 0.05) is 24.9 Å². The van der Waals surface area contributed by atoms with E-state index in [1.54, 1.807) is 49.6 Å². The summed E-state index contributed by atoms with van der Waals surface area (Å²) in [4.78, 5) is 42.4. The summed E-state index contributed by atoms with van der Waals surface area (Å²) in [7, 11) is 1.54.